The zero-order valence-electron chi connectivity index (χ0n) is 20.8. The summed E-state index contributed by atoms with van der Waals surface area (Å²) in [6.45, 7) is 5.69. The molecule has 0 aromatic carbocycles. The fraction of sp³-hybridized carbons (Fsp3) is 0.917. The van der Waals surface area contributed by atoms with Gasteiger partial charge in [0.25, 0.3) is 5.97 Å². The fourth-order valence-corrected chi connectivity index (χ4v) is 3.71. The first-order chi connectivity index (χ1) is 14.6. The van der Waals surface area contributed by atoms with Crippen molar-refractivity contribution >= 4 is 11.9 Å². The molecule has 0 aliphatic carbocycles. The number of rotatable bonds is 19. The third-order valence-electron chi connectivity index (χ3n) is 5.51. The van der Waals surface area contributed by atoms with Crippen LogP contribution in [-0.4, -0.2) is 49.8 Å². The zero-order valence-corrected chi connectivity index (χ0v) is 20.8. The molecule has 184 valence electrons. The number of carbonyl (C=O) groups is 2. The summed E-state index contributed by atoms with van der Waals surface area (Å²) in [5.74, 6) is -2.55. The monoisotopic (exact) mass is 445 g/mol. The molecule has 0 saturated carbocycles. The van der Waals surface area contributed by atoms with E-state index in [0.717, 1.165) is 38.5 Å². The lowest BCUT2D eigenvalue weighted by molar-refractivity contribution is -0.355. The van der Waals surface area contributed by atoms with Gasteiger partial charge in [-0.2, -0.15) is 0 Å². The van der Waals surface area contributed by atoms with Crippen LogP contribution < -0.4 is 5.32 Å². The maximum atomic E-state index is 12.0. The molecule has 7 nitrogen and oxygen atoms in total. The largest absolute Gasteiger partial charge is 0.481 e. The van der Waals surface area contributed by atoms with Crippen LogP contribution in [0.15, 0.2) is 0 Å². The molecule has 0 rings (SSSR count). The van der Waals surface area contributed by atoms with Crippen molar-refractivity contribution in [1.82, 2.24) is 5.32 Å². The number of methoxy groups -OCH3 is 3. The van der Waals surface area contributed by atoms with Gasteiger partial charge in [0.2, 0.25) is 5.91 Å². The summed E-state index contributed by atoms with van der Waals surface area (Å²) >= 11 is 0. The first-order valence-electron chi connectivity index (χ1n) is 11.8. The van der Waals surface area contributed by atoms with Crippen molar-refractivity contribution in [2.24, 2.45) is 5.92 Å². The molecule has 0 spiro atoms. The van der Waals surface area contributed by atoms with Crippen LogP contribution in [0.4, 0.5) is 0 Å². The van der Waals surface area contributed by atoms with Gasteiger partial charge < -0.3 is 24.6 Å². The Morgan fingerprint density at radius 1 is 0.774 bits per heavy atom. The molecule has 0 aliphatic heterocycles. The van der Waals surface area contributed by atoms with Crippen LogP contribution in [0.1, 0.15) is 104 Å². The number of hydrogen-bond donors (Lipinski definition) is 2. The van der Waals surface area contributed by atoms with Gasteiger partial charge in [0.05, 0.1) is 5.92 Å². The molecule has 1 atom stereocenters. The molecular formula is C24H47NO6. The van der Waals surface area contributed by atoms with E-state index >= 15 is 0 Å². The van der Waals surface area contributed by atoms with E-state index in [0.29, 0.717) is 6.42 Å². The van der Waals surface area contributed by atoms with Gasteiger partial charge in [-0.1, -0.05) is 57.8 Å². The average molecular weight is 446 g/mol. The van der Waals surface area contributed by atoms with E-state index in [4.69, 9.17) is 14.2 Å². The predicted octanol–water partition coefficient (Wildman–Crippen LogP) is 5.27. The molecule has 0 fully saturated rings. The van der Waals surface area contributed by atoms with Gasteiger partial charge in [0.1, 0.15) is 0 Å². The van der Waals surface area contributed by atoms with Crippen LogP contribution in [-0.2, 0) is 23.8 Å². The molecule has 7 heteroatoms. The molecule has 0 bridgehead atoms. The molecule has 1 amide bonds. The van der Waals surface area contributed by atoms with E-state index < -0.39 is 17.9 Å². The number of hydrogen-bond acceptors (Lipinski definition) is 5. The summed E-state index contributed by atoms with van der Waals surface area (Å²) < 4.78 is 15.9. The highest BCUT2D eigenvalue weighted by molar-refractivity contribution is 5.82. The summed E-state index contributed by atoms with van der Waals surface area (Å²) in [6.07, 6.45) is 12.6. The minimum absolute atomic E-state index is 0.0624. The maximum Gasteiger partial charge on any atom is 0.307 e. The van der Waals surface area contributed by atoms with Crippen molar-refractivity contribution in [3.05, 3.63) is 0 Å². The molecule has 0 aromatic rings. The van der Waals surface area contributed by atoms with E-state index in [9.17, 15) is 14.7 Å². The van der Waals surface area contributed by atoms with Gasteiger partial charge in [-0.3, -0.25) is 9.59 Å². The second-order valence-corrected chi connectivity index (χ2v) is 9.41. The minimum Gasteiger partial charge on any atom is -0.481 e. The molecule has 0 aromatic heterocycles. The van der Waals surface area contributed by atoms with Crippen molar-refractivity contribution < 1.29 is 28.9 Å². The Balaban J connectivity index is 3.73. The van der Waals surface area contributed by atoms with Crippen molar-refractivity contribution in [1.29, 1.82) is 0 Å². The number of unbranched alkanes of at least 4 members (excludes halogenated alkanes) is 9. The Hall–Kier alpha value is -1.18. The molecule has 1 unspecified atom stereocenters. The number of nitrogens with one attached hydrogen (secondary N) is 1. The third kappa shape index (κ3) is 15.3. The van der Waals surface area contributed by atoms with E-state index in [1.807, 2.05) is 20.8 Å². The van der Waals surface area contributed by atoms with E-state index in [2.05, 4.69) is 5.32 Å². The quantitative estimate of drug-likeness (QED) is 0.208. The Kier molecular flexibility index (Phi) is 15.8. The first kappa shape index (κ1) is 29.8. The average Bonchev–Trinajstić information content (AvgIpc) is 2.69. The first-order valence-corrected chi connectivity index (χ1v) is 11.8. The van der Waals surface area contributed by atoms with Crippen molar-refractivity contribution in [2.75, 3.05) is 21.3 Å². The van der Waals surface area contributed by atoms with Gasteiger partial charge in [0, 0.05) is 39.7 Å². The van der Waals surface area contributed by atoms with Crippen molar-refractivity contribution in [3.8, 4) is 0 Å². The zero-order chi connectivity index (χ0) is 23.8. The lowest BCUT2D eigenvalue weighted by atomic mass is 9.96. The third-order valence-corrected chi connectivity index (χ3v) is 5.51. The second-order valence-electron chi connectivity index (χ2n) is 9.41. The van der Waals surface area contributed by atoms with Crippen molar-refractivity contribution in [2.45, 2.75) is 116 Å². The highest BCUT2D eigenvalue weighted by Gasteiger charge is 2.28. The molecule has 0 radical (unpaired) electrons. The Morgan fingerprint density at radius 2 is 1.19 bits per heavy atom. The van der Waals surface area contributed by atoms with E-state index in [1.54, 1.807) is 21.3 Å². The number of carboxylic acid groups (broad SMARTS) is 1. The van der Waals surface area contributed by atoms with Gasteiger partial charge in [-0.05, 0) is 33.6 Å². The summed E-state index contributed by atoms with van der Waals surface area (Å²) in [7, 11) is 4.79. The van der Waals surface area contributed by atoms with Gasteiger partial charge >= 0.3 is 5.97 Å². The van der Waals surface area contributed by atoms with Gasteiger partial charge in [-0.25, -0.2) is 0 Å². The van der Waals surface area contributed by atoms with Crippen molar-refractivity contribution in [3.63, 3.8) is 0 Å². The van der Waals surface area contributed by atoms with E-state index in [-0.39, 0.29) is 17.9 Å². The van der Waals surface area contributed by atoms with Crippen LogP contribution in [0, 0.1) is 5.92 Å². The van der Waals surface area contributed by atoms with Crippen LogP contribution >= 0.6 is 0 Å². The summed E-state index contributed by atoms with van der Waals surface area (Å²) in [5, 5.41) is 12.2. The second kappa shape index (κ2) is 16.5. The highest BCUT2D eigenvalue weighted by atomic mass is 16.9. The number of aliphatic carboxylic acids is 1. The number of ether oxygens (including phenoxy) is 3. The lowest BCUT2D eigenvalue weighted by Crippen LogP contribution is -2.41. The van der Waals surface area contributed by atoms with Gasteiger partial charge in [-0.15, -0.1) is 0 Å². The molecule has 0 aliphatic rings. The van der Waals surface area contributed by atoms with E-state index in [1.165, 1.54) is 32.1 Å². The molecular weight excluding hydrogens is 398 g/mol. The number of carbonyl (C=O) groups excluding carboxylic acids is 1. The smallest absolute Gasteiger partial charge is 0.307 e. The Labute approximate surface area is 189 Å². The molecule has 0 heterocycles. The predicted molar refractivity (Wildman–Crippen MR) is 123 cm³/mol. The fourth-order valence-electron chi connectivity index (χ4n) is 3.71. The maximum absolute atomic E-state index is 12.0. The van der Waals surface area contributed by atoms with Crippen LogP contribution in [0.3, 0.4) is 0 Å². The Morgan fingerprint density at radius 3 is 1.58 bits per heavy atom. The topological polar surface area (TPSA) is 94.1 Å². The highest BCUT2D eigenvalue weighted by Crippen LogP contribution is 2.22. The van der Waals surface area contributed by atoms with Crippen LogP contribution in [0.2, 0.25) is 0 Å². The Bertz CT molecular complexity index is 477. The van der Waals surface area contributed by atoms with Gasteiger partial charge in [0.15, 0.2) is 0 Å². The lowest BCUT2D eigenvalue weighted by Gasteiger charge is -2.28. The molecule has 31 heavy (non-hydrogen) atoms. The number of carboxylic acids is 1. The summed E-state index contributed by atoms with van der Waals surface area (Å²) in [5.41, 5.74) is -0.331. The SMILES string of the molecule is COC(CCCCCCCCCCCCC(CC(=O)NC(C)(C)C)C(=O)O)(OC)OC. The molecule has 2 N–H and O–H groups in total. The van der Waals surface area contributed by atoms with Crippen LogP contribution in [0.25, 0.3) is 0 Å². The van der Waals surface area contributed by atoms with Crippen LogP contribution in [0.5, 0.6) is 0 Å². The number of amides is 1. The standard InChI is InChI=1S/C24H47NO6/c1-23(2,3)25-21(26)19-20(22(27)28)17-15-13-11-9-7-8-10-12-14-16-18-24(29-4,30-5)31-6/h20H,7-19H2,1-6H3,(H,25,26)(H,27,28). The minimum atomic E-state index is -0.907. The summed E-state index contributed by atoms with van der Waals surface area (Å²) in [6, 6.07) is 0. The summed E-state index contributed by atoms with van der Waals surface area (Å²) in [4.78, 5) is 23.4. The normalized spacial score (nSPS) is 13.2. The molecule has 0 saturated heterocycles.